The molecule has 0 N–H and O–H groups in total. The van der Waals surface area contributed by atoms with Gasteiger partial charge in [0.15, 0.2) is 0 Å². The summed E-state index contributed by atoms with van der Waals surface area (Å²) >= 11 is 6.17. The average Bonchev–Trinajstić information content (AvgIpc) is 2.82. The van der Waals surface area contributed by atoms with Crippen LogP contribution in [0.5, 0.6) is 5.75 Å². The van der Waals surface area contributed by atoms with E-state index in [-0.39, 0.29) is 0 Å². The quantitative estimate of drug-likeness (QED) is 0.728. The van der Waals surface area contributed by atoms with Crippen LogP contribution in [-0.2, 0) is 6.42 Å². The van der Waals surface area contributed by atoms with Gasteiger partial charge in [-0.2, -0.15) is 0 Å². The predicted octanol–water partition coefficient (Wildman–Crippen LogP) is 3.59. The Morgan fingerprint density at radius 3 is 2.79 bits per heavy atom. The van der Waals surface area contributed by atoms with Crippen molar-refractivity contribution in [3.05, 3.63) is 65.1 Å². The van der Waals surface area contributed by atoms with Gasteiger partial charge in [-0.3, -0.25) is 0 Å². The Kier molecular flexibility index (Phi) is 3.13. The summed E-state index contributed by atoms with van der Waals surface area (Å²) in [5.74, 6) is 0.814. The number of aromatic nitrogens is 2. The molecule has 3 aromatic rings. The molecule has 3 nitrogen and oxygen atoms in total. The molecule has 0 saturated carbocycles. The third-order valence-electron chi connectivity index (χ3n) is 3.04. The first-order chi connectivity index (χ1) is 9.26. The van der Waals surface area contributed by atoms with Crippen molar-refractivity contribution in [2.75, 3.05) is 7.11 Å². The van der Waals surface area contributed by atoms with E-state index in [1.54, 1.807) is 7.11 Å². The number of methoxy groups -OCH3 is 1. The van der Waals surface area contributed by atoms with Crippen LogP contribution < -0.4 is 4.74 Å². The Balaban J connectivity index is 1.95. The van der Waals surface area contributed by atoms with Gasteiger partial charge in [-0.25, -0.2) is 4.98 Å². The molecule has 2 heterocycles. The Bertz CT molecular complexity index is 721. The Hall–Kier alpha value is -2.00. The van der Waals surface area contributed by atoms with Gasteiger partial charge in [-0.15, -0.1) is 0 Å². The number of imidazole rings is 1. The lowest BCUT2D eigenvalue weighted by Gasteiger charge is -2.00. The lowest BCUT2D eigenvalue weighted by molar-refractivity contribution is 0.412. The lowest BCUT2D eigenvalue weighted by atomic mass is 10.1. The minimum absolute atomic E-state index is 0.726. The molecule has 4 heteroatoms. The van der Waals surface area contributed by atoms with Crippen LogP contribution in [0.1, 0.15) is 11.3 Å². The Morgan fingerprint density at radius 1 is 1.16 bits per heavy atom. The summed E-state index contributed by atoms with van der Waals surface area (Å²) in [4.78, 5) is 4.57. The van der Waals surface area contributed by atoms with E-state index in [9.17, 15) is 0 Å². The molecule has 0 radical (unpaired) electrons. The summed E-state index contributed by atoms with van der Waals surface area (Å²) in [6, 6.07) is 11.7. The van der Waals surface area contributed by atoms with E-state index in [1.165, 1.54) is 0 Å². The minimum atomic E-state index is 0.726. The fourth-order valence-corrected chi connectivity index (χ4v) is 2.27. The van der Waals surface area contributed by atoms with Crippen molar-refractivity contribution in [2.45, 2.75) is 6.42 Å². The lowest BCUT2D eigenvalue weighted by Crippen LogP contribution is -1.88. The highest BCUT2D eigenvalue weighted by Gasteiger charge is 2.06. The van der Waals surface area contributed by atoms with E-state index >= 15 is 0 Å². The van der Waals surface area contributed by atoms with Crippen LogP contribution in [0.25, 0.3) is 5.65 Å². The molecular weight excluding hydrogens is 260 g/mol. The van der Waals surface area contributed by atoms with Crippen molar-refractivity contribution in [1.82, 2.24) is 9.38 Å². The van der Waals surface area contributed by atoms with E-state index in [1.807, 2.05) is 53.2 Å². The van der Waals surface area contributed by atoms with Crippen LogP contribution in [0, 0.1) is 0 Å². The van der Waals surface area contributed by atoms with Crippen molar-refractivity contribution in [1.29, 1.82) is 0 Å². The predicted molar refractivity (Wildman–Crippen MR) is 76.0 cm³/mol. The van der Waals surface area contributed by atoms with Gasteiger partial charge < -0.3 is 9.14 Å². The summed E-state index contributed by atoms with van der Waals surface area (Å²) in [6.45, 7) is 0. The highest BCUT2D eigenvalue weighted by molar-refractivity contribution is 6.31. The molecule has 0 bridgehead atoms. The molecular formula is C15H13ClN2O. The SMILES string of the molecule is COc1ccc2nc(Cc3ccccc3Cl)cn2c1. The standard InChI is InChI=1S/C15H13ClN2O/c1-19-13-6-7-15-17-12(9-18(15)10-13)8-11-4-2-3-5-14(11)16/h2-7,9-10H,8H2,1H3. The number of halogens is 1. The number of pyridine rings is 1. The number of benzene rings is 1. The maximum Gasteiger partial charge on any atom is 0.137 e. The monoisotopic (exact) mass is 272 g/mol. The van der Waals surface area contributed by atoms with E-state index in [4.69, 9.17) is 16.3 Å². The molecule has 0 aliphatic heterocycles. The molecule has 0 aliphatic rings. The fourth-order valence-electron chi connectivity index (χ4n) is 2.07. The first-order valence-electron chi connectivity index (χ1n) is 6.01. The van der Waals surface area contributed by atoms with Gasteiger partial charge in [0.1, 0.15) is 11.4 Å². The van der Waals surface area contributed by atoms with Crippen LogP contribution >= 0.6 is 11.6 Å². The summed E-state index contributed by atoms with van der Waals surface area (Å²) < 4.78 is 7.16. The summed E-state index contributed by atoms with van der Waals surface area (Å²) in [7, 11) is 1.66. The minimum Gasteiger partial charge on any atom is -0.495 e. The first kappa shape index (κ1) is 12.1. The molecule has 0 spiro atoms. The third kappa shape index (κ3) is 2.42. The molecule has 0 fully saturated rings. The molecule has 0 aliphatic carbocycles. The van der Waals surface area contributed by atoms with Crippen LogP contribution in [-0.4, -0.2) is 16.5 Å². The van der Waals surface area contributed by atoms with Gasteiger partial charge in [-0.1, -0.05) is 29.8 Å². The van der Waals surface area contributed by atoms with Gasteiger partial charge in [0.2, 0.25) is 0 Å². The normalized spacial score (nSPS) is 10.8. The number of ether oxygens (including phenoxy) is 1. The average molecular weight is 273 g/mol. The van der Waals surface area contributed by atoms with Crippen LogP contribution in [0.15, 0.2) is 48.8 Å². The molecule has 19 heavy (non-hydrogen) atoms. The zero-order valence-electron chi connectivity index (χ0n) is 10.5. The zero-order chi connectivity index (χ0) is 13.2. The van der Waals surface area contributed by atoms with E-state index in [0.29, 0.717) is 0 Å². The van der Waals surface area contributed by atoms with E-state index in [0.717, 1.165) is 34.1 Å². The molecule has 0 amide bonds. The van der Waals surface area contributed by atoms with Crippen molar-refractivity contribution in [3.8, 4) is 5.75 Å². The first-order valence-corrected chi connectivity index (χ1v) is 6.39. The van der Waals surface area contributed by atoms with Crippen molar-refractivity contribution < 1.29 is 4.74 Å². The third-order valence-corrected chi connectivity index (χ3v) is 3.41. The molecule has 3 rings (SSSR count). The number of fused-ring (bicyclic) bond motifs is 1. The second-order valence-electron chi connectivity index (χ2n) is 4.33. The zero-order valence-corrected chi connectivity index (χ0v) is 11.3. The van der Waals surface area contributed by atoms with Gasteiger partial charge in [0.05, 0.1) is 19.0 Å². The van der Waals surface area contributed by atoms with Gasteiger partial charge in [0, 0.05) is 17.6 Å². The maximum absolute atomic E-state index is 6.17. The molecule has 0 unspecified atom stereocenters. The number of hydrogen-bond donors (Lipinski definition) is 0. The summed E-state index contributed by atoms with van der Waals surface area (Å²) in [5, 5.41) is 0.775. The molecule has 96 valence electrons. The van der Waals surface area contributed by atoms with Crippen LogP contribution in [0.2, 0.25) is 5.02 Å². The number of hydrogen-bond acceptors (Lipinski definition) is 2. The van der Waals surface area contributed by atoms with E-state index < -0.39 is 0 Å². The topological polar surface area (TPSA) is 26.5 Å². The number of rotatable bonds is 3. The smallest absolute Gasteiger partial charge is 0.137 e. The summed E-state index contributed by atoms with van der Waals surface area (Å²) in [6.07, 6.45) is 4.64. The van der Waals surface area contributed by atoms with Crippen LogP contribution in [0.3, 0.4) is 0 Å². The van der Waals surface area contributed by atoms with Gasteiger partial charge in [-0.05, 0) is 23.8 Å². The second-order valence-corrected chi connectivity index (χ2v) is 4.74. The van der Waals surface area contributed by atoms with Gasteiger partial charge >= 0.3 is 0 Å². The molecule has 0 saturated heterocycles. The molecule has 2 aromatic heterocycles. The Labute approximate surface area is 116 Å². The van der Waals surface area contributed by atoms with Crippen molar-refractivity contribution in [2.24, 2.45) is 0 Å². The van der Waals surface area contributed by atoms with E-state index in [2.05, 4.69) is 4.98 Å². The summed E-state index contributed by atoms with van der Waals surface area (Å²) in [5.41, 5.74) is 2.98. The molecule has 1 aromatic carbocycles. The highest BCUT2D eigenvalue weighted by atomic mass is 35.5. The maximum atomic E-state index is 6.17. The highest BCUT2D eigenvalue weighted by Crippen LogP contribution is 2.20. The van der Waals surface area contributed by atoms with Crippen molar-refractivity contribution in [3.63, 3.8) is 0 Å². The molecule has 0 atom stereocenters. The van der Waals surface area contributed by atoms with Gasteiger partial charge in [0.25, 0.3) is 0 Å². The van der Waals surface area contributed by atoms with Crippen LogP contribution in [0.4, 0.5) is 0 Å². The van der Waals surface area contributed by atoms with Crippen molar-refractivity contribution >= 4 is 17.2 Å². The number of nitrogens with zero attached hydrogens (tertiary/aromatic N) is 2. The largest absolute Gasteiger partial charge is 0.495 e. The second kappa shape index (κ2) is 4.94. The fraction of sp³-hybridized carbons (Fsp3) is 0.133. The Morgan fingerprint density at radius 2 is 2.00 bits per heavy atom.